The Bertz CT molecular complexity index is 1460. The number of carbonyl (C=O) groups excluding carboxylic acids is 3. The van der Waals surface area contributed by atoms with E-state index in [0.29, 0.717) is 23.2 Å². The zero-order valence-corrected chi connectivity index (χ0v) is 26.8. The highest BCUT2D eigenvalue weighted by molar-refractivity contribution is 6.00. The van der Waals surface area contributed by atoms with Crippen LogP contribution in [0.2, 0.25) is 0 Å². The van der Waals surface area contributed by atoms with Gasteiger partial charge in [-0.2, -0.15) is 0 Å². The van der Waals surface area contributed by atoms with Gasteiger partial charge in [0.05, 0.1) is 0 Å². The predicted molar refractivity (Wildman–Crippen MR) is 175 cm³/mol. The van der Waals surface area contributed by atoms with Gasteiger partial charge in [-0.25, -0.2) is 4.79 Å². The van der Waals surface area contributed by atoms with Gasteiger partial charge in [-0.1, -0.05) is 68.1 Å². The number of rotatable bonds is 11. The minimum absolute atomic E-state index is 0.0864. The van der Waals surface area contributed by atoms with E-state index in [4.69, 9.17) is 4.74 Å². The van der Waals surface area contributed by atoms with Crippen LogP contribution >= 0.6 is 0 Å². The average Bonchev–Trinajstić information content (AvgIpc) is 2.96. The van der Waals surface area contributed by atoms with E-state index in [1.807, 2.05) is 70.2 Å². The third-order valence-corrected chi connectivity index (χ3v) is 7.40. The molecule has 0 aliphatic carbocycles. The number of nitrogens with one attached hydrogen (secondary N) is 2. The second-order valence-electron chi connectivity index (χ2n) is 12.1. The van der Waals surface area contributed by atoms with E-state index in [2.05, 4.69) is 17.2 Å². The van der Waals surface area contributed by atoms with Crippen LogP contribution in [-0.2, 0) is 20.7 Å². The molecule has 8 nitrogen and oxygen atoms in total. The van der Waals surface area contributed by atoms with Gasteiger partial charge in [-0.15, -0.1) is 0 Å². The van der Waals surface area contributed by atoms with Crippen molar-refractivity contribution in [1.29, 1.82) is 0 Å². The Morgan fingerprint density at radius 1 is 1.00 bits per heavy atom. The molecule has 234 valence electrons. The first-order chi connectivity index (χ1) is 20.7. The van der Waals surface area contributed by atoms with Gasteiger partial charge in [0.1, 0.15) is 23.4 Å². The second kappa shape index (κ2) is 14.7. The fourth-order valence-electron chi connectivity index (χ4n) is 4.99. The SMILES string of the molecule is C=Cc1cccc(C(C(=O)Nc2c(C)cccc2C)N(C(=O)C(Cc2ccc(O)cc2)NC(=O)OC(C)(C)C)C(C)CC)c1. The number of anilines is 1. The number of phenolic OH excluding ortho intramolecular Hbond substituents is 1. The Hall–Kier alpha value is -4.59. The number of alkyl carbamates (subject to hydrolysis) is 1. The third kappa shape index (κ3) is 8.96. The maximum atomic E-state index is 14.7. The summed E-state index contributed by atoms with van der Waals surface area (Å²) in [4.78, 5) is 43.6. The molecular weight excluding hydrogens is 554 g/mol. The summed E-state index contributed by atoms with van der Waals surface area (Å²) in [5, 5.41) is 15.7. The van der Waals surface area contributed by atoms with Crippen molar-refractivity contribution in [2.24, 2.45) is 0 Å². The highest BCUT2D eigenvalue weighted by Crippen LogP contribution is 2.30. The Kier molecular flexibility index (Phi) is 11.4. The Morgan fingerprint density at radius 3 is 2.18 bits per heavy atom. The molecule has 8 heteroatoms. The standard InChI is InChI=1S/C36H45N3O5/c1-9-25(5)39(34(42)30(37-35(43)44-36(6,7)8)22-27-17-19-29(40)20-18-27)32(28-16-12-15-26(10-2)21-28)33(41)38-31-23(3)13-11-14-24(31)4/h10-21,25,30,32,40H,2,9,22H2,1,3-8H3,(H,37,43)(H,38,41). The van der Waals surface area contributed by atoms with Crippen LogP contribution in [0.25, 0.3) is 6.08 Å². The molecule has 3 aromatic rings. The number of nitrogens with zero attached hydrogens (tertiary/aromatic N) is 1. The molecular formula is C36H45N3O5. The number of aromatic hydroxyl groups is 1. The van der Waals surface area contributed by atoms with Crippen molar-refractivity contribution in [3.8, 4) is 5.75 Å². The number of ether oxygens (including phenoxy) is 1. The van der Waals surface area contributed by atoms with Gasteiger partial charge in [0.15, 0.2) is 0 Å². The lowest BCUT2D eigenvalue weighted by molar-refractivity contribution is -0.143. The number of carbonyl (C=O) groups is 3. The Balaban J connectivity index is 2.15. The van der Waals surface area contributed by atoms with Gasteiger partial charge in [0, 0.05) is 18.2 Å². The summed E-state index contributed by atoms with van der Waals surface area (Å²) in [6.45, 7) is 16.8. The maximum absolute atomic E-state index is 14.7. The van der Waals surface area contributed by atoms with Crippen molar-refractivity contribution in [3.63, 3.8) is 0 Å². The number of amides is 3. The topological polar surface area (TPSA) is 108 Å². The molecule has 3 aromatic carbocycles. The van der Waals surface area contributed by atoms with Crippen LogP contribution < -0.4 is 10.6 Å². The largest absolute Gasteiger partial charge is 0.508 e. The molecule has 0 aliphatic rings. The van der Waals surface area contributed by atoms with E-state index >= 15 is 0 Å². The molecule has 0 fully saturated rings. The molecule has 0 radical (unpaired) electrons. The van der Waals surface area contributed by atoms with Gasteiger partial charge in [0.25, 0.3) is 5.91 Å². The van der Waals surface area contributed by atoms with Crippen molar-refractivity contribution in [2.45, 2.75) is 85.0 Å². The molecule has 0 saturated carbocycles. The van der Waals surface area contributed by atoms with E-state index in [9.17, 15) is 19.5 Å². The number of hydrogen-bond donors (Lipinski definition) is 3. The van der Waals surface area contributed by atoms with Gasteiger partial charge in [0.2, 0.25) is 5.91 Å². The zero-order valence-electron chi connectivity index (χ0n) is 26.8. The maximum Gasteiger partial charge on any atom is 0.408 e. The smallest absolute Gasteiger partial charge is 0.408 e. The number of benzene rings is 3. The van der Waals surface area contributed by atoms with Crippen molar-refractivity contribution in [3.05, 3.63) is 101 Å². The summed E-state index contributed by atoms with van der Waals surface area (Å²) in [6.07, 6.45) is 1.61. The number of aryl methyl sites for hydroxylation is 2. The average molecular weight is 600 g/mol. The first-order valence-electron chi connectivity index (χ1n) is 14.9. The lowest BCUT2D eigenvalue weighted by Gasteiger charge is -2.38. The molecule has 0 spiro atoms. The Morgan fingerprint density at radius 2 is 1.61 bits per heavy atom. The van der Waals surface area contributed by atoms with Crippen LogP contribution in [0.5, 0.6) is 5.75 Å². The molecule has 0 heterocycles. The van der Waals surface area contributed by atoms with E-state index < -0.39 is 29.7 Å². The quantitative estimate of drug-likeness (QED) is 0.218. The lowest BCUT2D eigenvalue weighted by atomic mass is 9.96. The van der Waals surface area contributed by atoms with Crippen LogP contribution in [0.15, 0.2) is 73.3 Å². The van der Waals surface area contributed by atoms with Crippen molar-refractivity contribution in [1.82, 2.24) is 10.2 Å². The molecule has 44 heavy (non-hydrogen) atoms. The molecule has 3 rings (SSSR count). The van der Waals surface area contributed by atoms with Crippen LogP contribution in [0, 0.1) is 13.8 Å². The highest BCUT2D eigenvalue weighted by Gasteiger charge is 2.39. The molecule has 3 atom stereocenters. The molecule has 0 saturated heterocycles. The third-order valence-electron chi connectivity index (χ3n) is 7.40. The van der Waals surface area contributed by atoms with Crippen LogP contribution in [-0.4, -0.2) is 45.6 Å². The number of para-hydroxylation sites is 1. The highest BCUT2D eigenvalue weighted by atomic mass is 16.6. The van der Waals surface area contributed by atoms with E-state index in [0.717, 1.165) is 16.7 Å². The van der Waals surface area contributed by atoms with Gasteiger partial charge in [-0.3, -0.25) is 9.59 Å². The predicted octanol–water partition coefficient (Wildman–Crippen LogP) is 7.09. The van der Waals surface area contributed by atoms with Crippen LogP contribution in [0.1, 0.15) is 74.9 Å². The normalized spacial score (nSPS) is 13.2. The van der Waals surface area contributed by atoms with Crippen molar-refractivity contribution in [2.75, 3.05) is 5.32 Å². The van der Waals surface area contributed by atoms with Crippen molar-refractivity contribution >= 4 is 29.7 Å². The van der Waals surface area contributed by atoms with Crippen LogP contribution in [0.3, 0.4) is 0 Å². The fourth-order valence-corrected chi connectivity index (χ4v) is 4.99. The second-order valence-corrected chi connectivity index (χ2v) is 12.1. The first kappa shape index (κ1) is 33.9. The van der Waals surface area contributed by atoms with E-state index in [1.54, 1.807) is 43.9 Å². The minimum atomic E-state index is -1.07. The van der Waals surface area contributed by atoms with Gasteiger partial charge < -0.3 is 25.4 Å². The zero-order chi connectivity index (χ0) is 32.6. The van der Waals surface area contributed by atoms with Crippen LogP contribution in [0.4, 0.5) is 10.5 Å². The molecule has 3 amide bonds. The summed E-state index contributed by atoms with van der Waals surface area (Å²) in [5.41, 5.74) is 3.83. The van der Waals surface area contributed by atoms with E-state index in [1.165, 1.54) is 12.1 Å². The molecule has 0 aliphatic heterocycles. The minimum Gasteiger partial charge on any atom is -0.508 e. The summed E-state index contributed by atoms with van der Waals surface area (Å²) >= 11 is 0. The Labute approximate surface area is 261 Å². The number of phenols is 1. The summed E-state index contributed by atoms with van der Waals surface area (Å²) in [5.74, 6) is -0.731. The summed E-state index contributed by atoms with van der Waals surface area (Å²) in [7, 11) is 0. The van der Waals surface area contributed by atoms with Crippen molar-refractivity contribution < 1.29 is 24.2 Å². The first-order valence-corrected chi connectivity index (χ1v) is 14.9. The van der Waals surface area contributed by atoms with Gasteiger partial charge >= 0.3 is 6.09 Å². The summed E-state index contributed by atoms with van der Waals surface area (Å²) < 4.78 is 5.52. The fraction of sp³-hybridized carbons (Fsp3) is 0.361. The monoisotopic (exact) mass is 599 g/mol. The summed E-state index contributed by atoms with van der Waals surface area (Å²) in [6, 6.07) is 17.1. The van der Waals surface area contributed by atoms with Gasteiger partial charge in [-0.05, 0) is 94.0 Å². The molecule has 3 N–H and O–H groups in total. The van der Waals surface area contributed by atoms with E-state index in [-0.39, 0.29) is 24.1 Å². The number of hydrogen-bond acceptors (Lipinski definition) is 5. The molecule has 0 bridgehead atoms. The molecule has 3 unspecified atom stereocenters. The lowest BCUT2D eigenvalue weighted by Crippen LogP contribution is -2.55. The molecule has 0 aromatic heterocycles.